The van der Waals surface area contributed by atoms with Gasteiger partial charge >= 0.3 is 18.6 Å². The highest BCUT2D eigenvalue weighted by Gasteiger charge is 2.44. The Bertz CT molecular complexity index is 894. The van der Waals surface area contributed by atoms with Gasteiger partial charge in [-0.3, -0.25) is 15.4 Å². The number of rotatable bonds is 6. The van der Waals surface area contributed by atoms with E-state index in [-0.39, 0.29) is 11.5 Å². The molecule has 152 valence electrons. The summed E-state index contributed by atoms with van der Waals surface area (Å²) in [6.45, 7) is 0. The molecule has 0 aliphatic carbocycles. The number of alkyl halides is 4. The Labute approximate surface area is 158 Å². The maximum absolute atomic E-state index is 13.3. The van der Waals surface area contributed by atoms with Gasteiger partial charge in [-0.2, -0.15) is 17.6 Å². The number of halogens is 5. The molecule has 2 rings (SSSR count). The standard InChI is InChI=1S/C13H11ClF4N6O4/c1-24-11(21-22-23-24)20-9(25)5-3-4-6(28-13(17,18)10(15)16)8(7(5)14)19-12(26)27-2/h3-4,10H,1-2H3,(H,19,26)(H,20,21,23,25). The average molecular weight is 427 g/mol. The third kappa shape index (κ3) is 4.57. The van der Waals surface area contributed by atoms with E-state index in [9.17, 15) is 27.2 Å². The fourth-order valence-corrected chi connectivity index (χ4v) is 2.07. The predicted molar refractivity (Wildman–Crippen MR) is 85.8 cm³/mol. The van der Waals surface area contributed by atoms with Crippen molar-refractivity contribution in [2.24, 2.45) is 7.05 Å². The number of ether oxygens (including phenoxy) is 2. The summed E-state index contributed by atoms with van der Waals surface area (Å²) in [6.07, 6.45) is -10.2. The molecule has 2 aromatic rings. The number of carbonyl (C=O) groups is 2. The highest BCUT2D eigenvalue weighted by Crippen LogP contribution is 2.39. The van der Waals surface area contributed by atoms with Crippen molar-refractivity contribution in [3.8, 4) is 5.75 Å². The lowest BCUT2D eigenvalue weighted by Crippen LogP contribution is -2.34. The van der Waals surface area contributed by atoms with Crippen molar-refractivity contribution in [2.45, 2.75) is 12.5 Å². The maximum atomic E-state index is 13.3. The van der Waals surface area contributed by atoms with Crippen molar-refractivity contribution in [3.63, 3.8) is 0 Å². The molecule has 0 radical (unpaired) electrons. The highest BCUT2D eigenvalue weighted by molar-refractivity contribution is 6.37. The van der Waals surface area contributed by atoms with Gasteiger partial charge in [0.1, 0.15) is 5.69 Å². The van der Waals surface area contributed by atoms with E-state index in [2.05, 4.69) is 30.3 Å². The summed E-state index contributed by atoms with van der Waals surface area (Å²) in [5.41, 5.74) is -1.01. The van der Waals surface area contributed by atoms with E-state index in [4.69, 9.17) is 11.6 Å². The number of amides is 2. The summed E-state index contributed by atoms with van der Waals surface area (Å²) in [5, 5.41) is 13.9. The summed E-state index contributed by atoms with van der Waals surface area (Å²) in [4.78, 5) is 23.8. The molecule has 2 N–H and O–H groups in total. The molecule has 0 saturated heterocycles. The fourth-order valence-electron chi connectivity index (χ4n) is 1.78. The van der Waals surface area contributed by atoms with E-state index >= 15 is 0 Å². The van der Waals surface area contributed by atoms with Gasteiger partial charge in [0, 0.05) is 7.05 Å². The van der Waals surface area contributed by atoms with Gasteiger partial charge in [-0.25, -0.2) is 9.48 Å². The van der Waals surface area contributed by atoms with E-state index in [1.54, 1.807) is 0 Å². The maximum Gasteiger partial charge on any atom is 0.461 e. The van der Waals surface area contributed by atoms with E-state index < -0.39 is 41.0 Å². The van der Waals surface area contributed by atoms with Crippen LogP contribution in [0.4, 0.5) is 34.0 Å². The zero-order valence-electron chi connectivity index (χ0n) is 14.0. The topological polar surface area (TPSA) is 120 Å². The number of anilines is 2. The molecule has 0 bridgehead atoms. The number of aryl methyl sites for hydroxylation is 1. The second-order valence-corrected chi connectivity index (χ2v) is 5.34. The van der Waals surface area contributed by atoms with Crippen molar-refractivity contribution in [3.05, 3.63) is 22.7 Å². The van der Waals surface area contributed by atoms with Crippen LogP contribution in [0.2, 0.25) is 5.02 Å². The second-order valence-electron chi connectivity index (χ2n) is 4.96. The lowest BCUT2D eigenvalue weighted by atomic mass is 10.1. The van der Waals surface area contributed by atoms with Crippen LogP contribution in [0.15, 0.2) is 12.1 Å². The number of carbonyl (C=O) groups excluding carboxylic acids is 2. The molecular weight excluding hydrogens is 416 g/mol. The first-order valence-corrected chi connectivity index (χ1v) is 7.50. The number of methoxy groups -OCH3 is 1. The molecule has 2 amide bonds. The molecule has 0 saturated carbocycles. The Kier molecular flexibility index (Phi) is 6.23. The van der Waals surface area contributed by atoms with Gasteiger partial charge in [-0.15, -0.1) is 0 Å². The lowest BCUT2D eigenvalue weighted by Gasteiger charge is -2.20. The smallest absolute Gasteiger partial charge is 0.453 e. The number of tetrazole rings is 1. The summed E-state index contributed by atoms with van der Waals surface area (Å²) in [6, 6.07) is 1.66. The van der Waals surface area contributed by atoms with Gasteiger partial charge in [0.05, 0.1) is 17.7 Å². The molecule has 15 heteroatoms. The molecule has 1 aromatic carbocycles. The first-order valence-electron chi connectivity index (χ1n) is 7.13. The van der Waals surface area contributed by atoms with Crippen LogP contribution in [-0.2, 0) is 11.8 Å². The van der Waals surface area contributed by atoms with Gasteiger partial charge in [-0.1, -0.05) is 16.7 Å². The SMILES string of the molecule is COC(=O)Nc1c(OC(F)(F)C(F)F)ccc(C(=O)Nc2nnnn2C)c1Cl. The zero-order valence-corrected chi connectivity index (χ0v) is 14.8. The second kappa shape index (κ2) is 8.24. The minimum Gasteiger partial charge on any atom is -0.453 e. The average Bonchev–Trinajstić information content (AvgIpc) is 3.02. The van der Waals surface area contributed by atoms with Crippen LogP contribution in [0, 0.1) is 0 Å². The van der Waals surface area contributed by atoms with Crippen LogP contribution in [0.3, 0.4) is 0 Å². The third-order valence-electron chi connectivity index (χ3n) is 3.11. The summed E-state index contributed by atoms with van der Waals surface area (Å²) in [5.74, 6) is -1.88. The van der Waals surface area contributed by atoms with Gasteiger partial charge in [0.2, 0.25) is 5.95 Å². The Morgan fingerprint density at radius 2 is 1.96 bits per heavy atom. The summed E-state index contributed by atoms with van der Waals surface area (Å²) >= 11 is 6.00. The number of nitrogens with one attached hydrogen (secondary N) is 2. The monoisotopic (exact) mass is 426 g/mol. The number of nitrogens with zero attached hydrogens (tertiary/aromatic N) is 4. The van der Waals surface area contributed by atoms with Crippen LogP contribution >= 0.6 is 11.6 Å². The van der Waals surface area contributed by atoms with Gasteiger partial charge < -0.3 is 9.47 Å². The normalized spacial score (nSPS) is 11.3. The first kappa shape index (κ1) is 21.1. The van der Waals surface area contributed by atoms with Crippen LogP contribution < -0.4 is 15.4 Å². The molecule has 28 heavy (non-hydrogen) atoms. The Hall–Kier alpha value is -3.16. The van der Waals surface area contributed by atoms with Crippen LogP contribution in [0.5, 0.6) is 5.75 Å². The van der Waals surface area contributed by atoms with Crippen molar-refractivity contribution in [1.82, 2.24) is 20.2 Å². The Morgan fingerprint density at radius 1 is 1.29 bits per heavy atom. The van der Waals surface area contributed by atoms with Crippen molar-refractivity contribution < 1.29 is 36.6 Å². The molecule has 0 fully saturated rings. The minimum atomic E-state index is -4.88. The van der Waals surface area contributed by atoms with Crippen LogP contribution in [0.25, 0.3) is 0 Å². The highest BCUT2D eigenvalue weighted by atomic mass is 35.5. The molecule has 10 nitrogen and oxygen atoms in total. The summed E-state index contributed by atoms with van der Waals surface area (Å²) < 4.78 is 60.7. The number of hydrogen-bond acceptors (Lipinski definition) is 7. The van der Waals surface area contributed by atoms with E-state index in [0.29, 0.717) is 0 Å². The summed E-state index contributed by atoms with van der Waals surface area (Å²) in [7, 11) is 2.37. The molecule has 0 atom stereocenters. The van der Waals surface area contributed by atoms with Gasteiger partial charge in [0.15, 0.2) is 5.75 Å². The lowest BCUT2D eigenvalue weighted by molar-refractivity contribution is -0.252. The van der Waals surface area contributed by atoms with Crippen LogP contribution in [-0.4, -0.2) is 51.9 Å². The van der Waals surface area contributed by atoms with Crippen LogP contribution in [0.1, 0.15) is 10.4 Å². The molecule has 0 spiro atoms. The molecule has 1 aromatic heterocycles. The van der Waals surface area contributed by atoms with E-state index in [1.807, 2.05) is 5.32 Å². The minimum absolute atomic E-state index is 0.0758. The number of benzene rings is 1. The van der Waals surface area contributed by atoms with Crippen molar-refractivity contribution >= 4 is 35.2 Å². The number of aromatic nitrogens is 4. The largest absolute Gasteiger partial charge is 0.461 e. The van der Waals surface area contributed by atoms with Gasteiger partial charge in [0.25, 0.3) is 5.91 Å². The van der Waals surface area contributed by atoms with Gasteiger partial charge in [-0.05, 0) is 22.6 Å². The first-order chi connectivity index (χ1) is 13.1. The zero-order chi connectivity index (χ0) is 21.1. The molecule has 0 unspecified atom stereocenters. The molecular formula is C13H11ClF4N6O4. The molecule has 1 heterocycles. The number of hydrogen-bond donors (Lipinski definition) is 2. The Morgan fingerprint density at radius 3 is 2.50 bits per heavy atom. The fraction of sp³-hybridized carbons (Fsp3) is 0.308. The predicted octanol–water partition coefficient (Wildman–Crippen LogP) is 2.53. The third-order valence-corrected chi connectivity index (χ3v) is 3.50. The molecule has 0 aliphatic heterocycles. The van der Waals surface area contributed by atoms with Crippen molar-refractivity contribution in [2.75, 3.05) is 17.7 Å². The quantitative estimate of drug-likeness (QED) is 0.681. The Balaban J connectivity index is 2.43. The van der Waals surface area contributed by atoms with E-state index in [0.717, 1.165) is 23.9 Å². The van der Waals surface area contributed by atoms with Crippen molar-refractivity contribution in [1.29, 1.82) is 0 Å². The molecule has 0 aliphatic rings. The van der Waals surface area contributed by atoms with E-state index in [1.165, 1.54) is 7.05 Å².